The molecule has 0 aliphatic carbocycles. The third kappa shape index (κ3) is 4.26. The van der Waals surface area contributed by atoms with Crippen molar-refractivity contribution in [3.8, 4) is 5.75 Å². The summed E-state index contributed by atoms with van der Waals surface area (Å²) in [6.07, 6.45) is -4.36. The molecule has 0 atom stereocenters. The van der Waals surface area contributed by atoms with Gasteiger partial charge in [0.2, 0.25) is 0 Å². The van der Waals surface area contributed by atoms with Crippen LogP contribution in [0.15, 0.2) is 48.5 Å². The van der Waals surface area contributed by atoms with Crippen molar-refractivity contribution in [3.63, 3.8) is 0 Å². The van der Waals surface area contributed by atoms with E-state index in [0.29, 0.717) is 0 Å². The molecule has 0 radical (unpaired) electrons. The first-order valence-corrected chi connectivity index (χ1v) is 7.06. The second-order valence-electron chi connectivity index (χ2n) is 6.26. The third-order valence-electron chi connectivity index (χ3n) is 3.36. The van der Waals surface area contributed by atoms with E-state index in [4.69, 9.17) is 4.74 Å². The van der Waals surface area contributed by atoms with Crippen LogP contribution >= 0.6 is 0 Å². The second-order valence-corrected chi connectivity index (χ2v) is 6.26. The van der Waals surface area contributed by atoms with E-state index in [1.807, 2.05) is 24.3 Å². The van der Waals surface area contributed by atoms with Gasteiger partial charge >= 0.3 is 6.18 Å². The highest BCUT2D eigenvalue weighted by molar-refractivity contribution is 5.32. The molecule has 0 aliphatic rings. The molecule has 0 spiro atoms. The summed E-state index contributed by atoms with van der Waals surface area (Å²) in [7, 11) is 0. The highest BCUT2D eigenvalue weighted by atomic mass is 19.4. The number of alkyl halides is 3. The summed E-state index contributed by atoms with van der Waals surface area (Å²) in [4.78, 5) is 0. The van der Waals surface area contributed by atoms with Crippen molar-refractivity contribution in [2.24, 2.45) is 0 Å². The van der Waals surface area contributed by atoms with Gasteiger partial charge in [-0.2, -0.15) is 13.2 Å². The zero-order chi connectivity index (χ0) is 16.4. The van der Waals surface area contributed by atoms with Crippen LogP contribution in [0.25, 0.3) is 0 Å². The smallest absolute Gasteiger partial charge is 0.416 e. The molecule has 0 aliphatic heterocycles. The maximum Gasteiger partial charge on any atom is 0.416 e. The lowest BCUT2D eigenvalue weighted by molar-refractivity contribution is -0.137. The minimum absolute atomic E-state index is 0.0201. The Morgan fingerprint density at radius 3 is 2.14 bits per heavy atom. The predicted octanol–water partition coefficient (Wildman–Crippen LogP) is 5.58. The fourth-order valence-electron chi connectivity index (χ4n) is 2.06. The van der Waals surface area contributed by atoms with Gasteiger partial charge in [0, 0.05) is 0 Å². The predicted molar refractivity (Wildman–Crippen MR) is 80.9 cm³/mol. The summed E-state index contributed by atoms with van der Waals surface area (Å²) in [5, 5.41) is 0. The zero-order valence-corrected chi connectivity index (χ0v) is 12.9. The van der Waals surface area contributed by atoms with Crippen LogP contribution in [0.1, 0.15) is 37.5 Å². The van der Waals surface area contributed by atoms with E-state index < -0.39 is 11.7 Å². The van der Waals surface area contributed by atoms with Gasteiger partial charge in [0.25, 0.3) is 0 Å². The number of ether oxygens (including phenoxy) is 1. The Morgan fingerprint density at radius 2 is 1.50 bits per heavy atom. The molecule has 0 saturated carbocycles. The largest absolute Gasteiger partial charge is 0.489 e. The summed E-state index contributed by atoms with van der Waals surface area (Å²) >= 11 is 0. The van der Waals surface area contributed by atoms with E-state index in [1.54, 1.807) is 0 Å². The molecule has 0 N–H and O–H groups in total. The molecule has 0 amide bonds. The van der Waals surface area contributed by atoms with Crippen LogP contribution in [0.2, 0.25) is 0 Å². The molecular formula is C18H19F3O. The van der Waals surface area contributed by atoms with Gasteiger partial charge in [0.1, 0.15) is 12.4 Å². The Balaban J connectivity index is 2.11. The van der Waals surface area contributed by atoms with E-state index in [-0.39, 0.29) is 17.8 Å². The van der Waals surface area contributed by atoms with Crippen LogP contribution in [0.4, 0.5) is 13.2 Å². The topological polar surface area (TPSA) is 9.23 Å². The average Bonchev–Trinajstić information content (AvgIpc) is 2.44. The molecule has 22 heavy (non-hydrogen) atoms. The average molecular weight is 308 g/mol. The summed E-state index contributed by atoms with van der Waals surface area (Å²) in [5.74, 6) is 0.219. The molecule has 0 fully saturated rings. The minimum Gasteiger partial charge on any atom is -0.489 e. The number of hydrogen-bond acceptors (Lipinski definition) is 1. The van der Waals surface area contributed by atoms with Crippen molar-refractivity contribution in [1.29, 1.82) is 0 Å². The first-order valence-electron chi connectivity index (χ1n) is 7.06. The lowest BCUT2D eigenvalue weighted by Crippen LogP contribution is -2.11. The highest BCUT2D eigenvalue weighted by Crippen LogP contribution is 2.31. The van der Waals surface area contributed by atoms with Gasteiger partial charge in [0.15, 0.2) is 0 Å². The maximum absolute atomic E-state index is 12.7. The quantitative estimate of drug-likeness (QED) is 0.719. The summed E-state index contributed by atoms with van der Waals surface area (Å²) < 4.78 is 43.5. The second kappa shape index (κ2) is 6.03. The van der Waals surface area contributed by atoms with Gasteiger partial charge in [0.05, 0.1) is 5.56 Å². The molecule has 0 heterocycles. The van der Waals surface area contributed by atoms with Gasteiger partial charge in [-0.05, 0) is 34.7 Å². The highest BCUT2D eigenvalue weighted by Gasteiger charge is 2.30. The van der Waals surface area contributed by atoms with E-state index >= 15 is 0 Å². The van der Waals surface area contributed by atoms with Crippen LogP contribution in [0, 0.1) is 0 Å². The summed E-state index contributed by atoms with van der Waals surface area (Å²) in [5.41, 5.74) is 1.42. The Kier molecular flexibility index (Phi) is 4.50. The Bertz CT molecular complexity index is 582. The molecule has 0 saturated heterocycles. The Labute approximate surface area is 128 Å². The molecule has 4 heteroatoms. The lowest BCUT2D eigenvalue weighted by Gasteiger charge is -2.20. The lowest BCUT2D eigenvalue weighted by atomic mass is 9.86. The number of hydrogen-bond donors (Lipinski definition) is 0. The van der Waals surface area contributed by atoms with Crippen LogP contribution in [-0.4, -0.2) is 0 Å². The number of halogens is 3. The Hall–Kier alpha value is -1.97. The van der Waals surface area contributed by atoms with Gasteiger partial charge in [-0.15, -0.1) is 0 Å². The normalized spacial score (nSPS) is 12.3. The molecule has 2 aromatic rings. The van der Waals surface area contributed by atoms with Crippen molar-refractivity contribution in [2.75, 3.05) is 0 Å². The first-order chi connectivity index (χ1) is 10.2. The summed E-state index contributed by atoms with van der Waals surface area (Å²) in [6, 6.07) is 12.8. The standard InChI is InChI=1S/C18H19F3O/c1-17(2,3)14-7-4-6-13(10-14)12-22-16-9-5-8-15(11-16)18(19,20)21/h4-11H,12H2,1-3H3. The SMILES string of the molecule is CC(C)(C)c1cccc(COc2cccc(C(F)(F)F)c2)c1. The minimum atomic E-state index is -4.36. The van der Waals surface area contributed by atoms with Crippen LogP contribution in [-0.2, 0) is 18.2 Å². The van der Waals surface area contributed by atoms with E-state index in [9.17, 15) is 13.2 Å². The molecule has 0 unspecified atom stereocenters. The molecule has 0 bridgehead atoms. The number of rotatable bonds is 3. The van der Waals surface area contributed by atoms with Crippen molar-refractivity contribution in [2.45, 2.75) is 39.0 Å². The van der Waals surface area contributed by atoms with Gasteiger partial charge in [-0.3, -0.25) is 0 Å². The van der Waals surface area contributed by atoms with E-state index in [0.717, 1.165) is 23.3 Å². The van der Waals surface area contributed by atoms with Crippen LogP contribution in [0.5, 0.6) is 5.75 Å². The molecule has 2 aromatic carbocycles. The fraction of sp³-hybridized carbons (Fsp3) is 0.333. The van der Waals surface area contributed by atoms with Gasteiger partial charge in [-0.25, -0.2) is 0 Å². The van der Waals surface area contributed by atoms with Crippen molar-refractivity contribution in [1.82, 2.24) is 0 Å². The maximum atomic E-state index is 12.7. The fourth-order valence-corrected chi connectivity index (χ4v) is 2.06. The third-order valence-corrected chi connectivity index (χ3v) is 3.36. The first kappa shape index (κ1) is 16.4. The zero-order valence-electron chi connectivity index (χ0n) is 12.9. The van der Waals surface area contributed by atoms with Crippen LogP contribution in [0.3, 0.4) is 0 Å². The molecule has 2 rings (SSSR count). The van der Waals surface area contributed by atoms with Crippen molar-refractivity contribution < 1.29 is 17.9 Å². The van der Waals surface area contributed by atoms with Gasteiger partial charge < -0.3 is 4.74 Å². The molecule has 1 nitrogen and oxygen atoms in total. The molecule has 118 valence electrons. The Morgan fingerprint density at radius 1 is 0.864 bits per heavy atom. The molecular weight excluding hydrogens is 289 g/mol. The van der Waals surface area contributed by atoms with Crippen molar-refractivity contribution in [3.05, 3.63) is 65.2 Å². The van der Waals surface area contributed by atoms with Crippen molar-refractivity contribution >= 4 is 0 Å². The van der Waals surface area contributed by atoms with Crippen LogP contribution < -0.4 is 4.74 Å². The number of benzene rings is 2. The molecule has 0 aromatic heterocycles. The monoisotopic (exact) mass is 308 g/mol. The summed E-state index contributed by atoms with van der Waals surface area (Å²) in [6.45, 7) is 6.57. The van der Waals surface area contributed by atoms with Gasteiger partial charge in [-0.1, -0.05) is 51.1 Å². The van der Waals surface area contributed by atoms with E-state index in [1.165, 1.54) is 12.1 Å². The van der Waals surface area contributed by atoms with E-state index in [2.05, 4.69) is 20.8 Å².